The van der Waals surface area contributed by atoms with Gasteiger partial charge in [0.1, 0.15) is 0 Å². The smallest absolute Gasteiger partial charge is 0.317 e. The molecule has 0 radical (unpaired) electrons. The van der Waals surface area contributed by atoms with Gasteiger partial charge in [-0.2, -0.15) is 0 Å². The second-order valence-electron chi connectivity index (χ2n) is 8.00. The fraction of sp³-hybridized carbons (Fsp3) is 0.600. The Morgan fingerprint density at radius 1 is 1.27 bits per heavy atom. The summed E-state index contributed by atoms with van der Waals surface area (Å²) in [6.45, 7) is 9.91. The molecule has 0 saturated carbocycles. The van der Waals surface area contributed by atoms with E-state index in [4.69, 9.17) is 0 Å². The highest BCUT2D eigenvalue weighted by molar-refractivity contribution is 9.10. The lowest BCUT2D eigenvalue weighted by molar-refractivity contribution is -0.126. The molecule has 1 atom stereocenters. The third-order valence-corrected chi connectivity index (χ3v) is 5.35. The average molecular weight is 424 g/mol. The molecule has 1 saturated heterocycles. The van der Waals surface area contributed by atoms with Crippen molar-refractivity contribution >= 4 is 27.9 Å². The van der Waals surface area contributed by atoms with Crippen molar-refractivity contribution in [2.45, 2.75) is 52.0 Å². The van der Waals surface area contributed by atoms with Gasteiger partial charge in [0.2, 0.25) is 5.91 Å². The van der Waals surface area contributed by atoms with E-state index in [1.807, 2.05) is 26.0 Å². The van der Waals surface area contributed by atoms with Gasteiger partial charge in [0, 0.05) is 35.6 Å². The van der Waals surface area contributed by atoms with Crippen LogP contribution in [-0.2, 0) is 10.2 Å². The number of carbonyl (C=O) groups is 2. The molecular weight excluding hydrogens is 394 g/mol. The van der Waals surface area contributed by atoms with Gasteiger partial charge < -0.3 is 15.5 Å². The highest BCUT2D eigenvalue weighted by Crippen LogP contribution is 2.24. The van der Waals surface area contributed by atoms with Crippen LogP contribution in [0, 0.1) is 5.92 Å². The number of piperidine rings is 1. The minimum atomic E-state index is -0.153. The molecule has 0 aromatic heterocycles. The summed E-state index contributed by atoms with van der Waals surface area (Å²) in [4.78, 5) is 26.6. The molecule has 3 amide bonds. The normalized spacial score (nSPS) is 17.9. The summed E-state index contributed by atoms with van der Waals surface area (Å²) >= 11 is 3.45. The predicted octanol–water partition coefficient (Wildman–Crippen LogP) is 3.67. The van der Waals surface area contributed by atoms with Crippen molar-refractivity contribution in [1.82, 2.24) is 15.5 Å². The van der Waals surface area contributed by atoms with Gasteiger partial charge in [0.25, 0.3) is 0 Å². The van der Waals surface area contributed by atoms with E-state index in [2.05, 4.69) is 52.5 Å². The number of likely N-dealkylation sites (tertiary alicyclic amines) is 1. The van der Waals surface area contributed by atoms with Crippen molar-refractivity contribution in [2.75, 3.05) is 19.6 Å². The Hall–Kier alpha value is -1.56. The van der Waals surface area contributed by atoms with Crippen LogP contribution in [0.1, 0.15) is 46.1 Å². The third kappa shape index (κ3) is 5.73. The molecule has 1 aromatic rings. The van der Waals surface area contributed by atoms with Crippen LogP contribution in [0.2, 0.25) is 0 Å². The van der Waals surface area contributed by atoms with Gasteiger partial charge in [-0.05, 0) is 44.4 Å². The molecule has 0 spiro atoms. The van der Waals surface area contributed by atoms with Crippen molar-refractivity contribution in [3.05, 3.63) is 34.3 Å². The lowest BCUT2D eigenvalue weighted by Gasteiger charge is -2.33. The van der Waals surface area contributed by atoms with Crippen LogP contribution in [0.15, 0.2) is 28.7 Å². The number of nitrogens with zero attached hydrogens (tertiary/aromatic N) is 1. The van der Waals surface area contributed by atoms with E-state index < -0.39 is 0 Å². The summed E-state index contributed by atoms with van der Waals surface area (Å²) in [6, 6.07) is 8.22. The fourth-order valence-corrected chi connectivity index (χ4v) is 3.43. The number of carbonyl (C=O) groups excluding carboxylic acids is 2. The molecule has 2 rings (SSSR count). The molecule has 5 nitrogen and oxygen atoms in total. The zero-order chi connectivity index (χ0) is 19.3. The van der Waals surface area contributed by atoms with Crippen molar-refractivity contribution < 1.29 is 9.59 Å². The van der Waals surface area contributed by atoms with Crippen LogP contribution in [0.5, 0.6) is 0 Å². The molecule has 0 unspecified atom stereocenters. The van der Waals surface area contributed by atoms with Crippen molar-refractivity contribution in [1.29, 1.82) is 0 Å². The standard InChI is InChI=1S/C20H30BrN3O2/c1-14(2)23-19(26)24-11-5-6-15(12-24)18(25)22-13-20(3,4)16-7-9-17(21)10-8-16/h7-10,14-15H,5-6,11-13H2,1-4H3,(H,22,25)(H,23,26)/t15-/m1/s1. The average Bonchev–Trinajstić information content (AvgIpc) is 2.59. The van der Waals surface area contributed by atoms with E-state index in [-0.39, 0.29) is 29.3 Å². The van der Waals surface area contributed by atoms with E-state index in [1.54, 1.807) is 4.90 Å². The predicted molar refractivity (Wildman–Crippen MR) is 108 cm³/mol. The molecule has 1 aromatic carbocycles. The SMILES string of the molecule is CC(C)NC(=O)N1CCC[C@@H](C(=O)NCC(C)(C)c2ccc(Br)cc2)C1. The maximum atomic E-state index is 12.6. The molecule has 0 bridgehead atoms. The topological polar surface area (TPSA) is 61.4 Å². The highest BCUT2D eigenvalue weighted by atomic mass is 79.9. The largest absolute Gasteiger partial charge is 0.355 e. The summed E-state index contributed by atoms with van der Waals surface area (Å²) < 4.78 is 1.04. The summed E-state index contributed by atoms with van der Waals surface area (Å²) in [5.41, 5.74) is 1.03. The minimum absolute atomic E-state index is 0.0391. The summed E-state index contributed by atoms with van der Waals surface area (Å²) in [7, 11) is 0. The van der Waals surface area contributed by atoms with E-state index in [0.717, 1.165) is 17.3 Å². The quantitative estimate of drug-likeness (QED) is 0.758. The Balaban J connectivity index is 1.90. The number of halogens is 1. The van der Waals surface area contributed by atoms with E-state index in [9.17, 15) is 9.59 Å². The second-order valence-corrected chi connectivity index (χ2v) is 8.91. The molecule has 26 heavy (non-hydrogen) atoms. The van der Waals surface area contributed by atoms with Crippen LogP contribution >= 0.6 is 15.9 Å². The molecule has 144 valence electrons. The van der Waals surface area contributed by atoms with E-state index >= 15 is 0 Å². The van der Waals surface area contributed by atoms with Crippen LogP contribution in [0.25, 0.3) is 0 Å². The van der Waals surface area contributed by atoms with Gasteiger partial charge in [-0.25, -0.2) is 4.79 Å². The number of benzene rings is 1. The number of urea groups is 1. The third-order valence-electron chi connectivity index (χ3n) is 4.82. The fourth-order valence-electron chi connectivity index (χ4n) is 3.17. The Kier molecular flexibility index (Phi) is 7.09. The molecule has 0 aliphatic carbocycles. The molecule has 2 N–H and O–H groups in total. The minimum Gasteiger partial charge on any atom is -0.355 e. The van der Waals surface area contributed by atoms with Crippen LogP contribution in [0.4, 0.5) is 4.79 Å². The summed E-state index contributed by atoms with van der Waals surface area (Å²) in [6.07, 6.45) is 1.69. The summed E-state index contributed by atoms with van der Waals surface area (Å²) in [5, 5.41) is 6.00. The van der Waals surface area contributed by atoms with Crippen LogP contribution in [0.3, 0.4) is 0 Å². The number of hydrogen-bond donors (Lipinski definition) is 2. The molecule has 1 aliphatic heterocycles. The number of nitrogens with one attached hydrogen (secondary N) is 2. The zero-order valence-electron chi connectivity index (χ0n) is 16.1. The molecular formula is C20H30BrN3O2. The number of hydrogen-bond acceptors (Lipinski definition) is 2. The van der Waals surface area contributed by atoms with E-state index in [1.165, 1.54) is 5.56 Å². The molecule has 1 fully saturated rings. The Morgan fingerprint density at radius 3 is 2.54 bits per heavy atom. The Bertz CT molecular complexity index is 628. The lowest BCUT2D eigenvalue weighted by Crippen LogP contribution is -2.51. The van der Waals surface area contributed by atoms with Gasteiger partial charge in [-0.15, -0.1) is 0 Å². The van der Waals surface area contributed by atoms with Gasteiger partial charge in [-0.1, -0.05) is 41.9 Å². The molecule has 6 heteroatoms. The first-order chi connectivity index (χ1) is 12.2. The van der Waals surface area contributed by atoms with Crippen molar-refractivity contribution in [2.24, 2.45) is 5.92 Å². The second kappa shape index (κ2) is 8.89. The monoisotopic (exact) mass is 423 g/mol. The van der Waals surface area contributed by atoms with Gasteiger partial charge in [-0.3, -0.25) is 4.79 Å². The van der Waals surface area contributed by atoms with Gasteiger partial charge in [0.15, 0.2) is 0 Å². The van der Waals surface area contributed by atoms with Gasteiger partial charge >= 0.3 is 6.03 Å². The Morgan fingerprint density at radius 2 is 1.92 bits per heavy atom. The number of rotatable bonds is 5. The van der Waals surface area contributed by atoms with Crippen LogP contribution in [-0.4, -0.2) is 42.5 Å². The lowest BCUT2D eigenvalue weighted by atomic mass is 9.84. The first-order valence-corrected chi connectivity index (χ1v) is 10.1. The molecule has 1 aliphatic rings. The Labute approximate surface area is 165 Å². The van der Waals surface area contributed by atoms with Crippen molar-refractivity contribution in [3.8, 4) is 0 Å². The van der Waals surface area contributed by atoms with Gasteiger partial charge in [0.05, 0.1) is 5.92 Å². The first kappa shape index (κ1) is 20.7. The van der Waals surface area contributed by atoms with E-state index in [0.29, 0.717) is 19.6 Å². The highest BCUT2D eigenvalue weighted by Gasteiger charge is 2.30. The maximum absolute atomic E-state index is 12.6. The molecule has 1 heterocycles. The first-order valence-electron chi connectivity index (χ1n) is 9.28. The summed E-state index contributed by atoms with van der Waals surface area (Å²) in [5.74, 6) is -0.0976. The number of amides is 3. The van der Waals surface area contributed by atoms with Crippen molar-refractivity contribution in [3.63, 3.8) is 0 Å². The van der Waals surface area contributed by atoms with Crippen LogP contribution < -0.4 is 10.6 Å². The zero-order valence-corrected chi connectivity index (χ0v) is 17.7. The maximum Gasteiger partial charge on any atom is 0.317 e.